The molecule has 2 aromatic rings. The zero-order valence-electron chi connectivity index (χ0n) is 20.9. The van der Waals surface area contributed by atoms with Gasteiger partial charge in [-0.15, -0.1) is 0 Å². The number of carbonyl (C=O) groups excluding carboxylic acids is 2. The van der Waals surface area contributed by atoms with Crippen molar-refractivity contribution in [1.29, 1.82) is 0 Å². The molecule has 14 heteroatoms. The van der Waals surface area contributed by atoms with Crippen molar-refractivity contribution < 1.29 is 27.5 Å². The fourth-order valence-corrected chi connectivity index (χ4v) is 5.15. The summed E-state index contributed by atoms with van der Waals surface area (Å²) in [4.78, 5) is 42.2. The Morgan fingerprint density at radius 2 is 1.82 bits per heavy atom. The van der Waals surface area contributed by atoms with Crippen LogP contribution in [-0.4, -0.2) is 94.2 Å². The molecule has 1 atom stereocenters. The number of alkyl halides is 2. The van der Waals surface area contributed by atoms with Gasteiger partial charge in [0, 0.05) is 64.0 Å². The first-order valence-electron chi connectivity index (χ1n) is 12.5. The topological polar surface area (TPSA) is 116 Å². The third kappa shape index (κ3) is 5.59. The van der Waals surface area contributed by atoms with Crippen molar-refractivity contribution in [2.45, 2.75) is 43.2 Å². The van der Waals surface area contributed by atoms with Crippen LogP contribution in [0.3, 0.4) is 0 Å². The lowest BCUT2D eigenvalue weighted by atomic mass is 9.80. The summed E-state index contributed by atoms with van der Waals surface area (Å²) in [6.07, 6.45) is 3.73. The first-order chi connectivity index (χ1) is 18.1. The van der Waals surface area contributed by atoms with E-state index in [1.54, 1.807) is 0 Å². The van der Waals surface area contributed by atoms with E-state index in [9.17, 15) is 22.8 Å². The Labute approximate surface area is 217 Å². The van der Waals surface area contributed by atoms with Gasteiger partial charge in [0.2, 0.25) is 11.8 Å². The molecular weight excluding hydrogens is 505 g/mol. The lowest BCUT2D eigenvalue weighted by Crippen LogP contribution is -2.61. The highest BCUT2D eigenvalue weighted by Gasteiger charge is 2.48. The number of piperidine rings is 4. The average Bonchev–Trinajstić information content (AvgIpc) is 2.90. The molecular formula is C24H29F3N8O3. The highest BCUT2D eigenvalue weighted by molar-refractivity contribution is 5.88. The van der Waals surface area contributed by atoms with E-state index >= 15 is 0 Å². The first kappa shape index (κ1) is 25.9. The third-order valence-electron chi connectivity index (χ3n) is 7.53. The number of rotatable bonds is 5. The molecule has 0 unspecified atom stereocenters. The Bertz CT molecular complexity index is 1160. The van der Waals surface area contributed by atoms with Gasteiger partial charge in [0.05, 0.1) is 6.20 Å². The van der Waals surface area contributed by atoms with Crippen LogP contribution in [0, 0.1) is 5.82 Å². The van der Waals surface area contributed by atoms with E-state index in [1.807, 2.05) is 0 Å². The first-order valence-corrected chi connectivity index (χ1v) is 12.5. The number of halogens is 3. The van der Waals surface area contributed by atoms with Gasteiger partial charge in [-0.2, -0.15) is 4.98 Å². The third-order valence-corrected chi connectivity index (χ3v) is 7.53. The van der Waals surface area contributed by atoms with Crippen LogP contribution < -0.4 is 20.3 Å². The number of ether oxygens (including phenoxy) is 1. The smallest absolute Gasteiger partial charge is 0.391 e. The molecule has 0 radical (unpaired) electrons. The van der Waals surface area contributed by atoms with Crippen LogP contribution in [0.2, 0.25) is 0 Å². The molecule has 4 saturated heterocycles. The second kappa shape index (κ2) is 10.2. The van der Waals surface area contributed by atoms with Crippen LogP contribution in [-0.2, 0) is 0 Å². The monoisotopic (exact) mass is 534 g/mol. The second-order valence-electron chi connectivity index (χ2n) is 9.96. The highest BCUT2D eigenvalue weighted by Crippen LogP contribution is 2.34. The molecule has 4 aliphatic heterocycles. The maximum atomic E-state index is 14.9. The molecule has 0 saturated carbocycles. The lowest BCUT2D eigenvalue weighted by molar-refractivity contribution is -0.0760. The number of pyridine rings is 1. The van der Waals surface area contributed by atoms with E-state index in [-0.39, 0.29) is 36.3 Å². The van der Waals surface area contributed by atoms with Crippen LogP contribution >= 0.6 is 0 Å². The van der Waals surface area contributed by atoms with E-state index < -0.39 is 36.3 Å². The molecule has 204 valence electrons. The number of hydrogen-bond donors (Lipinski definition) is 2. The number of carbonyl (C=O) groups is 2. The Hall–Kier alpha value is -3.68. The summed E-state index contributed by atoms with van der Waals surface area (Å²) >= 11 is 0. The molecule has 11 nitrogen and oxygen atoms in total. The number of likely N-dealkylation sites (N-methyl/N-ethyl adjacent to an activating group) is 1. The van der Waals surface area contributed by atoms with Gasteiger partial charge in [-0.25, -0.2) is 32.7 Å². The fourth-order valence-electron chi connectivity index (χ4n) is 5.15. The quantitative estimate of drug-likeness (QED) is 0.602. The van der Waals surface area contributed by atoms with Gasteiger partial charge in [-0.3, -0.25) is 5.32 Å². The number of anilines is 2. The summed E-state index contributed by atoms with van der Waals surface area (Å²) in [7, 11) is 1.25. The Morgan fingerprint density at radius 1 is 1.08 bits per heavy atom. The Morgan fingerprint density at radius 3 is 2.50 bits per heavy atom. The van der Waals surface area contributed by atoms with Crippen molar-refractivity contribution in [3.63, 3.8) is 0 Å². The summed E-state index contributed by atoms with van der Waals surface area (Å²) in [6, 6.07) is 1.43. The summed E-state index contributed by atoms with van der Waals surface area (Å²) in [5.74, 6) is -3.63. The molecule has 4 aliphatic rings. The largest absolute Gasteiger partial charge is 0.414 e. The molecule has 0 aromatic carbocycles. The van der Waals surface area contributed by atoms with Gasteiger partial charge in [0.15, 0.2) is 0 Å². The van der Waals surface area contributed by atoms with Crippen LogP contribution in [0.1, 0.15) is 25.7 Å². The van der Waals surface area contributed by atoms with Gasteiger partial charge in [0.1, 0.15) is 17.7 Å². The molecule has 0 spiro atoms. The van der Waals surface area contributed by atoms with Crippen LogP contribution in [0.4, 0.5) is 34.5 Å². The minimum Gasteiger partial charge on any atom is -0.391 e. The SMILES string of the molecule is CN(C(=O)Nc1ccc(F)cn1)[C@H]1CN(c2nccc(OC(=O)NC34CCN(CC3)CC4)n2)CCC1(F)F. The normalized spacial score (nSPS) is 25.9. The molecule has 38 heavy (non-hydrogen) atoms. The molecule has 6 rings (SSSR count). The summed E-state index contributed by atoms with van der Waals surface area (Å²) in [5, 5.41) is 5.39. The Kier molecular flexibility index (Phi) is 6.99. The predicted molar refractivity (Wildman–Crippen MR) is 131 cm³/mol. The summed E-state index contributed by atoms with van der Waals surface area (Å²) in [5.41, 5.74) is -0.276. The molecule has 3 amide bonds. The fraction of sp³-hybridized carbons (Fsp3) is 0.542. The number of urea groups is 1. The van der Waals surface area contributed by atoms with Crippen LogP contribution in [0.5, 0.6) is 5.88 Å². The van der Waals surface area contributed by atoms with E-state index in [2.05, 4.69) is 30.5 Å². The van der Waals surface area contributed by atoms with Crippen molar-refractivity contribution >= 4 is 23.9 Å². The number of hydrogen-bond acceptors (Lipinski definition) is 8. The maximum Gasteiger partial charge on any atom is 0.414 e. The zero-order valence-corrected chi connectivity index (χ0v) is 20.9. The van der Waals surface area contributed by atoms with Crippen molar-refractivity contribution in [2.24, 2.45) is 0 Å². The van der Waals surface area contributed by atoms with Gasteiger partial charge in [-0.1, -0.05) is 0 Å². The number of amides is 3. The molecule has 2 aromatic heterocycles. The van der Waals surface area contributed by atoms with Gasteiger partial charge in [-0.05, 0) is 31.4 Å². The van der Waals surface area contributed by atoms with Crippen molar-refractivity contribution in [3.05, 3.63) is 36.4 Å². The van der Waals surface area contributed by atoms with Gasteiger partial charge < -0.3 is 24.8 Å². The van der Waals surface area contributed by atoms with E-state index in [0.29, 0.717) is 0 Å². The van der Waals surface area contributed by atoms with E-state index in [1.165, 1.54) is 30.3 Å². The predicted octanol–water partition coefficient (Wildman–Crippen LogP) is 2.72. The zero-order chi connectivity index (χ0) is 26.9. The molecule has 4 fully saturated rings. The van der Waals surface area contributed by atoms with Crippen LogP contribution in [0.25, 0.3) is 0 Å². The molecule has 6 heterocycles. The number of nitrogens with one attached hydrogen (secondary N) is 2. The van der Waals surface area contributed by atoms with Gasteiger partial charge in [0.25, 0.3) is 5.92 Å². The maximum absolute atomic E-state index is 14.9. The second-order valence-corrected chi connectivity index (χ2v) is 9.96. The minimum absolute atomic E-state index is 0.000453. The van der Waals surface area contributed by atoms with E-state index in [0.717, 1.165) is 56.1 Å². The lowest BCUT2D eigenvalue weighted by Gasteiger charge is -2.48. The van der Waals surface area contributed by atoms with E-state index in [4.69, 9.17) is 4.74 Å². The average molecular weight is 535 g/mol. The highest BCUT2D eigenvalue weighted by atomic mass is 19.3. The minimum atomic E-state index is -3.18. The summed E-state index contributed by atoms with van der Waals surface area (Å²) in [6.45, 7) is 2.49. The Balaban J connectivity index is 1.23. The van der Waals surface area contributed by atoms with Gasteiger partial charge >= 0.3 is 12.1 Å². The standard InChI is InChI=1S/C24H29F3N8O3/c1-33(21(36)30-18-3-2-16(25)14-29-18)17-15-35(13-8-24(17,26)27)20-28-9-4-19(31-20)38-22(37)32-23-5-10-34(11-6-23)12-7-23/h2-4,9,14,17H,5-8,10-13,15H2,1H3,(H,32,37)(H,29,30,36)/t17-/m0/s1. The molecule has 0 aliphatic carbocycles. The van der Waals surface area contributed by atoms with Crippen molar-refractivity contribution in [2.75, 3.05) is 50.0 Å². The molecule has 2 bridgehead atoms. The number of fused-ring (bicyclic) bond motifs is 3. The number of nitrogens with zero attached hydrogens (tertiary/aromatic N) is 6. The number of aromatic nitrogens is 3. The van der Waals surface area contributed by atoms with Crippen molar-refractivity contribution in [3.8, 4) is 5.88 Å². The van der Waals surface area contributed by atoms with Crippen LogP contribution in [0.15, 0.2) is 30.6 Å². The molecule has 2 N–H and O–H groups in total. The van der Waals surface area contributed by atoms with Crippen molar-refractivity contribution in [1.82, 2.24) is 30.1 Å². The summed E-state index contributed by atoms with van der Waals surface area (Å²) < 4.78 is 48.3.